The molecule has 1 saturated carbocycles. The largest absolute Gasteiger partial charge is 0.493 e. The maximum absolute atomic E-state index is 13.2. The van der Waals surface area contributed by atoms with Gasteiger partial charge < -0.3 is 19.4 Å². The van der Waals surface area contributed by atoms with Crippen LogP contribution in [0.25, 0.3) is 10.9 Å². The molecule has 0 amide bonds. The van der Waals surface area contributed by atoms with Gasteiger partial charge in [-0.25, -0.2) is 0 Å². The van der Waals surface area contributed by atoms with E-state index < -0.39 is 0 Å². The zero-order chi connectivity index (χ0) is 20.5. The Morgan fingerprint density at radius 2 is 1.97 bits per heavy atom. The first-order valence-corrected chi connectivity index (χ1v) is 10.4. The highest BCUT2D eigenvalue weighted by Crippen LogP contribution is 2.43. The molecule has 1 aromatic carbocycles. The summed E-state index contributed by atoms with van der Waals surface area (Å²) in [5, 5.41) is 4.81. The SMILES string of the molecule is C=C(Cl)Cn1c(=O)c(CNC[C@H]2C[C@@H]3C=C[C@H]2C3)cc2cc(OC)c(OC)cc21. The summed E-state index contributed by atoms with van der Waals surface area (Å²) >= 11 is 6.06. The zero-order valence-corrected chi connectivity index (χ0v) is 17.7. The monoisotopic (exact) mass is 414 g/mol. The van der Waals surface area contributed by atoms with Crippen molar-refractivity contribution in [1.82, 2.24) is 9.88 Å². The Hall–Kier alpha value is -2.24. The number of ether oxygens (including phenoxy) is 2. The predicted octanol–water partition coefficient (Wildman–Crippen LogP) is 4.07. The van der Waals surface area contributed by atoms with Gasteiger partial charge in [-0.15, -0.1) is 0 Å². The quantitative estimate of drug-likeness (QED) is 0.661. The molecule has 2 aliphatic carbocycles. The number of nitrogens with one attached hydrogen (secondary N) is 1. The molecule has 2 aliphatic rings. The fraction of sp³-hybridized carbons (Fsp3) is 0.435. The summed E-state index contributed by atoms with van der Waals surface area (Å²) < 4.78 is 12.5. The zero-order valence-electron chi connectivity index (χ0n) is 16.9. The number of rotatable bonds is 8. The van der Waals surface area contributed by atoms with Crippen LogP contribution in [0.15, 0.2) is 46.8 Å². The second-order valence-electron chi connectivity index (χ2n) is 8.02. The molecule has 0 aliphatic heterocycles. The number of fused-ring (bicyclic) bond motifs is 3. The summed E-state index contributed by atoms with van der Waals surface area (Å²) in [5.41, 5.74) is 1.39. The van der Waals surface area contributed by atoms with Crippen LogP contribution >= 0.6 is 11.6 Å². The highest BCUT2D eigenvalue weighted by atomic mass is 35.5. The Labute approximate surface area is 176 Å². The van der Waals surface area contributed by atoms with Gasteiger partial charge in [-0.05, 0) is 49.3 Å². The van der Waals surface area contributed by atoms with Crippen molar-refractivity contribution in [1.29, 1.82) is 0 Å². The third-order valence-corrected chi connectivity index (χ3v) is 6.26. The molecule has 2 bridgehead atoms. The van der Waals surface area contributed by atoms with Crippen molar-refractivity contribution in [2.24, 2.45) is 17.8 Å². The lowest BCUT2D eigenvalue weighted by atomic mass is 9.93. The second kappa shape index (κ2) is 8.25. The van der Waals surface area contributed by atoms with E-state index in [1.807, 2.05) is 18.2 Å². The number of aromatic nitrogens is 1. The maximum atomic E-state index is 13.2. The summed E-state index contributed by atoms with van der Waals surface area (Å²) in [6, 6.07) is 5.64. The molecule has 1 N–H and O–H groups in total. The van der Waals surface area contributed by atoms with E-state index >= 15 is 0 Å². The molecule has 3 atom stereocenters. The molecular formula is C23H27ClN2O3. The van der Waals surface area contributed by atoms with Gasteiger partial charge >= 0.3 is 0 Å². The highest BCUT2D eigenvalue weighted by Gasteiger charge is 2.35. The molecule has 154 valence electrons. The van der Waals surface area contributed by atoms with E-state index in [2.05, 4.69) is 24.0 Å². The van der Waals surface area contributed by atoms with E-state index in [0.29, 0.717) is 40.5 Å². The standard InChI is InChI=1S/C23H27ClN2O3/c1-14(24)13-26-20-10-22(29-3)21(28-2)9-17(20)8-19(23(26)27)12-25-11-18-7-15-4-5-16(18)6-15/h4-5,8-10,15-16,18,25H,1,6-7,11-13H2,2-3H3/t15-,16+,18-/m1/s1. The number of halogens is 1. The summed E-state index contributed by atoms with van der Waals surface area (Å²) in [7, 11) is 3.18. The van der Waals surface area contributed by atoms with Crippen LogP contribution in [-0.2, 0) is 13.1 Å². The van der Waals surface area contributed by atoms with Crippen LogP contribution in [0, 0.1) is 17.8 Å². The molecule has 0 radical (unpaired) electrons. The Kier molecular flexibility index (Phi) is 5.70. The van der Waals surface area contributed by atoms with Gasteiger partial charge in [-0.3, -0.25) is 4.79 Å². The van der Waals surface area contributed by atoms with Gasteiger partial charge in [0.1, 0.15) is 0 Å². The lowest BCUT2D eigenvalue weighted by Crippen LogP contribution is -2.30. The van der Waals surface area contributed by atoms with Crippen molar-refractivity contribution in [2.45, 2.75) is 25.9 Å². The second-order valence-corrected chi connectivity index (χ2v) is 8.55. The fourth-order valence-corrected chi connectivity index (χ4v) is 4.86. The lowest BCUT2D eigenvalue weighted by Gasteiger charge is -2.19. The minimum absolute atomic E-state index is 0.0631. The molecule has 6 heteroatoms. The van der Waals surface area contributed by atoms with Crippen LogP contribution in [-0.4, -0.2) is 25.3 Å². The molecule has 0 saturated heterocycles. The van der Waals surface area contributed by atoms with Gasteiger partial charge in [0.15, 0.2) is 11.5 Å². The lowest BCUT2D eigenvalue weighted by molar-refractivity contribution is 0.355. The third-order valence-electron chi connectivity index (χ3n) is 6.14. The van der Waals surface area contributed by atoms with E-state index in [9.17, 15) is 4.79 Å². The van der Waals surface area contributed by atoms with Crippen LogP contribution in [0.1, 0.15) is 18.4 Å². The van der Waals surface area contributed by atoms with Gasteiger partial charge in [-0.1, -0.05) is 30.3 Å². The number of nitrogens with zero attached hydrogens (tertiary/aromatic N) is 1. The van der Waals surface area contributed by atoms with Crippen LogP contribution in [0.4, 0.5) is 0 Å². The van der Waals surface area contributed by atoms with Crippen LogP contribution in [0.5, 0.6) is 11.5 Å². The Morgan fingerprint density at radius 1 is 1.21 bits per heavy atom. The molecule has 0 spiro atoms. The predicted molar refractivity (Wildman–Crippen MR) is 117 cm³/mol. The van der Waals surface area contributed by atoms with E-state index in [1.54, 1.807) is 18.8 Å². The molecular weight excluding hydrogens is 388 g/mol. The van der Waals surface area contributed by atoms with E-state index in [4.69, 9.17) is 21.1 Å². The topological polar surface area (TPSA) is 52.5 Å². The minimum Gasteiger partial charge on any atom is -0.493 e. The third kappa shape index (κ3) is 3.94. The highest BCUT2D eigenvalue weighted by molar-refractivity contribution is 6.29. The van der Waals surface area contributed by atoms with E-state index in [-0.39, 0.29) is 12.1 Å². The molecule has 1 fully saturated rings. The Bertz CT molecular complexity index is 1030. The molecule has 5 nitrogen and oxygen atoms in total. The van der Waals surface area contributed by atoms with Crippen molar-refractivity contribution in [3.63, 3.8) is 0 Å². The number of pyridine rings is 1. The first-order valence-electron chi connectivity index (χ1n) is 10.0. The van der Waals surface area contributed by atoms with Gasteiger partial charge in [0.25, 0.3) is 5.56 Å². The average molecular weight is 415 g/mol. The number of methoxy groups -OCH3 is 2. The molecule has 4 rings (SSSR count). The Morgan fingerprint density at radius 3 is 2.59 bits per heavy atom. The first kappa shape index (κ1) is 20.0. The average Bonchev–Trinajstić information content (AvgIpc) is 3.33. The summed E-state index contributed by atoms with van der Waals surface area (Å²) in [4.78, 5) is 13.2. The summed E-state index contributed by atoms with van der Waals surface area (Å²) in [6.07, 6.45) is 7.24. The molecule has 1 aromatic heterocycles. The van der Waals surface area contributed by atoms with Gasteiger partial charge in [-0.2, -0.15) is 0 Å². The van der Waals surface area contributed by atoms with E-state index in [0.717, 1.165) is 23.4 Å². The minimum atomic E-state index is -0.0631. The molecule has 1 heterocycles. The van der Waals surface area contributed by atoms with Gasteiger partial charge in [0, 0.05) is 28.6 Å². The number of allylic oxidation sites excluding steroid dienone is 3. The smallest absolute Gasteiger partial charge is 0.255 e. The first-order chi connectivity index (χ1) is 14.0. The summed E-state index contributed by atoms with van der Waals surface area (Å²) in [5.74, 6) is 3.31. The summed E-state index contributed by atoms with van der Waals surface area (Å²) in [6.45, 7) is 5.47. The number of benzene rings is 1. The van der Waals surface area contributed by atoms with Crippen molar-refractivity contribution in [2.75, 3.05) is 20.8 Å². The van der Waals surface area contributed by atoms with Crippen molar-refractivity contribution in [3.8, 4) is 11.5 Å². The van der Waals surface area contributed by atoms with Gasteiger partial charge in [0.05, 0.1) is 26.3 Å². The molecule has 0 unspecified atom stereocenters. The number of hydrogen-bond acceptors (Lipinski definition) is 4. The fourth-order valence-electron chi connectivity index (χ4n) is 4.74. The van der Waals surface area contributed by atoms with Gasteiger partial charge in [0.2, 0.25) is 0 Å². The number of hydrogen-bond donors (Lipinski definition) is 1. The normalized spacial score (nSPS) is 22.4. The van der Waals surface area contributed by atoms with Crippen molar-refractivity contribution < 1.29 is 9.47 Å². The maximum Gasteiger partial charge on any atom is 0.255 e. The van der Waals surface area contributed by atoms with Crippen LogP contribution in [0.2, 0.25) is 0 Å². The molecule has 2 aromatic rings. The van der Waals surface area contributed by atoms with Crippen LogP contribution in [0.3, 0.4) is 0 Å². The van der Waals surface area contributed by atoms with Crippen LogP contribution < -0.4 is 20.3 Å². The van der Waals surface area contributed by atoms with Crippen molar-refractivity contribution in [3.05, 3.63) is 57.9 Å². The Balaban J connectivity index is 1.64. The van der Waals surface area contributed by atoms with E-state index in [1.165, 1.54) is 12.8 Å². The van der Waals surface area contributed by atoms with Crippen molar-refractivity contribution >= 4 is 22.5 Å². The molecule has 29 heavy (non-hydrogen) atoms.